The van der Waals surface area contributed by atoms with E-state index in [0.29, 0.717) is 5.56 Å². The first kappa shape index (κ1) is 16.0. The molecule has 1 nitrogen and oxygen atoms in total. The van der Waals surface area contributed by atoms with E-state index in [9.17, 15) is 13.2 Å². The van der Waals surface area contributed by atoms with Crippen LogP contribution in [0.1, 0.15) is 31.0 Å². The third kappa shape index (κ3) is 2.99. The van der Waals surface area contributed by atoms with Crippen LogP contribution in [0.25, 0.3) is 0 Å². The molecule has 1 atom stereocenters. The summed E-state index contributed by atoms with van der Waals surface area (Å²) in [5.74, 6) is -1.78. The number of hydrogen-bond donors (Lipinski definition) is 1. The molecular weight excluding hydrogens is 343 g/mol. The first-order valence-electron chi connectivity index (χ1n) is 6.40. The van der Waals surface area contributed by atoms with Gasteiger partial charge < -0.3 is 5.73 Å². The molecule has 0 aliphatic carbocycles. The fourth-order valence-corrected chi connectivity index (χ4v) is 2.59. The van der Waals surface area contributed by atoms with Crippen molar-refractivity contribution in [3.8, 4) is 0 Å². The average Bonchev–Trinajstić information content (AvgIpc) is 2.43. The summed E-state index contributed by atoms with van der Waals surface area (Å²) in [5, 5.41) is 0. The van der Waals surface area contributed by atoms with Crippen LogP contribution in [-0.4, -0.2) is 0 Å². The van der Waals surface area contributed by atoms with Crippen molar-refractivity contribution in [1.29, 1.82) is 0 Å². The summed E-state index contributed by atoms with van der Waals surface area (Å²) < 4.78 is 41.4. The zero-order chi connectivity index (χ0) is 15.8. The largest absolute Gasteiger partial charge is 0.323 e. The van der Waals surface area contributed by atoms with E-state index in [1.807, 2.05) is 0 Å². The lowest BCUT2D eigenvalue weighted by Gasteiger charge is -2.33. The minimum absolute atomic E-state index is 0.157. The Kier molecular flexibility index (Phi) is 4.44. The van der Waals surface area contributed by atoms with Gasteiger partial charge in [-0.3, -0.25) is 0 Å². The molecule has 1 unspecified atom stereocenters. The summed E-state index contributed by atoms with van der Waals surface area (Å²) >= 11 is 3.03. The van der Waals surface area contributed by atoms with Gasteiger partial charge in [0.15, 0.2) is 0 Å². The third-order valence-electron chi connectivity index (χ3n) is 3.76. The fourth-order valence-electron chi connectivity index (χ4n) is 2.25. The van der Waals surface area contributed by atoms with Crippen LogP contribution in [0.2, 0.25) is 0 Å². The van der Waals surface area contributed by atoms with Crippen LogP contribution in [-0.2, 0) is 5.41 Å². The number of halogens is 4. The monoisotopic (exact) mass is 357 g/mol. The molecular formula is C16H15BrF3N. The molecule has 0 aliphatic heterocycles. The average molecular weight is 358 g/mol. The van der Waals surface area contributed by atoms with E-state index in [1.54, 1.807) is 26.0 Å². The second-order valence-electron chi connectivity index (χ2n) is 5.46. The van der Waals surface area contributed by atoms with Gasteiger partial charge >= 0.3 is 0 Å². The third-order valence-corrected chi connectivity index (χ3v) is 4.37. The zero-order valence-electron chi connectivity index (χ0n) is 11.6. The van der Waals surface area contributed by atoms with Crippen molar-refractivity contribution in [3.63, 3.8) is 0 Å². The molecule has 2 N–H and O–H groups in total. The molecule has 5 heteroatoms. The van der Waals surface area contributed by atoms with Crippen molar-refractivity contribution >= 4 is 15.9 Å². The molecule has 2 rings (SSSR count). The van der Waals surface area contributed by atoms with Gasteiger partial charge in [0, 0.05) is 17.0 Å². The summed E-state index contributed by atoms with van der Waals surface area (Å²) in [6, 6.07) is 7.30. The second kappa shape index (κ2) is 5.81. The van der Waals surface area contributed by atoms with Crippen molar-refractivity contribution in [1.82, 2.24) is 0 Å². The minimum Gasteiger partial charge on any atom is -0.323 e. The molecule has 0 saturated carbocycles. The Morgan fingerprint density at radius 2 is 1.57 bits per heavy atom. The van der Waals surface area contributed by atoms with E-state index >= 15 is 0 Å². The van der Waals surface area contributed by atoms with Crippen LogP contribution < -0.4 is 5.73 Å². The summed E-state index contributed by atoms with van der Waals surface area (Å²) in [5.41, 5.74) is 5.87. The molecule has 0 heterocycles. The van der Waals surface area contributed by atoms with E-state index in [-0.39, 0.29) is 15.9 Å². The van der Waals surface area contributed by atoms with Gasteiger partial charge in [-0.25, -0.2) is 13.2 Å². The first-order chi connectivity index (χ1) is 9.75. The summed E-state index contributed by atoms with van der Waals surface area (Å²) in [7, 11) is 0. The van der Waals surface area contributed by atoms with Crippen molar-refractivity contribution < 1.29 is 13.2 Å². The topological polar surface area (TPSA) is 26.0 Å². The Morgan fingerprint density at radius 1 is 1.00 bits per heavy atom. The van der Waals surface area contributed by atoms with Gasteiger partial charge in [0.05, 0.1) is 4.47 Å². The number of rotatable bonds is 3. The Bertz CT molecular complexity index is 653. The van der Waals surface area contributed by atoms with E-state index in [0.717, 1.165) is 0 Å². The van der Waals surface area contributed by atoms with E-state index in [1.165, 1.54) is 24.3 Å². The Morgan fingerprint density at radius 3 is 2.14 bits per heavy atom. The fraction of sp³-hybridized carbons (Fsp3) is 0.250. The second-order valence-corrected chi connectivity index (χ2v) is 6.32. The molecule has 21 heavy (non-hydrogen) atoms. The molecule has 0 amide bonds. The zero-order valence-corrected chi connectivity index (χ0v) is 13.2. The SMILES string of the molecule is CC(C)(c1ccc(F)cc1)C(N)c1c(F)ccc(Br)c1F. The molecule has 0 aliphatic rings. The molecule has 2 aromatic rings. The Hall–Kier alpha value is -1.33. The van der Waals surface area contributed by atoms with E-state index in [4.69, 9.17) is 5.73 Å². The lowest BCUT2D eigenvalue weighted by molar-refractivity contribution is 0.389. The number of nitrogens with two attached hydrogens (primary N) is 1. The van der Waals surface area contributed by atoms with Gasteiger partial charge in [0.2, 0.25) is 0 Å². The molecule has 0 bridgehead atoms. The van der Waals surface area contributed by atoms with Gasteiger partial charge in [0.25, 0.3) is 0 Å². The lowest BCUT2D eigenvalue weighted by atomic mass is 9.75. The maximum absolute atomic E-state index is 14.2. The predicted octanol–water partition coefficient (Wildman–Crippen LogP) is 4.84. The van der Waals surface area contributed by atoms with Gasteiger partial charge in [-0.05, 0) is 45.8 Å². The predicted molar refractivity (Wildman–Crippen MR) is 80.4 cm³/mol. The standard InChI is InChI=1S/C16H15BrF3N/c1-16(2,9-3-5-10(18)6-4-9)15(21)13-12(19)8-7-11(17)14(13)20/h3-8,15H,21H2,1-2H3. The number of benzene rings is 2. The van der Waals surface area contributed by atoms with Crippen molar-refractivity contribution in [2.45, 2.75) is 25.3 Å². The maximum atomic E-state index is 14.2. The van der Waals surface area contributed by atoms with E-state index in [2.05, 4.69) is 15.9 Å². The molecule has 0 aromatic heterocycles. The first-order valence-corrected chi connectivity index (χ1v) is 7.19. The normalized spacial score (nSPS) is 13.3. The van der Waals surface area contributed by atoms with Crippen LogP contribution in [0.5, 0.6) is 0 Å². The molecule has 2 aromatic carbocycles. The van der Waals surface area contributed by atoms with Crippen molar-refractivity contribution in [2.24, 2.45) is 5.73 Å². The summed E-state index contributed by atoms with van der Waals surface area (Å²) in [6.45, 7) is 3.54. The summed E-state index contributed by atoms with van der Waals surface area (Å²) in [6.07, 6.45) is 0. The molecule has 0 radical (unpaired) electrons. The maximum Gasteiger partial charge on any atom is 0.145 e. The lowest BCUT2D eigenvalue weighted by Crippen LogP contribution is -2.34. The Balaban J connectivity index is 2.50. The highest BCUT2D eigenvalue weighted by molar-refractivity contribution is 9.10. The number of hydrogen-bond acceptors (Lipinski definition) is 1. The van der Waals surface area contributed by atoms with Crippen LogP contribution in [0.4, 0.5) is 13.2 Å². The molecule has 0 fully saturated rings. The Labute approximate surface area is 130 Å². The van der Waals surface area contributed by atoms with Gasteiger partial charge in [-0.2, -0.15) is 0 Å². The molecule has 112 valence electrons. The van der Waals surface area contributed by atoms with Crippen LogP contribution in [0, 0.1) is 17.5 Å². The quantitative estimate of drug-likeness (QED) is 0.781. The van der Waals surface area contributed by atoms with Crippen LogP contribution >= 0.6 is 15.9 Å². The summed E-state index contributed by atoms with van der Waals surface area (Å²) in [4.78, 5) is 0. The van der Waals surface area contributed by atoms with Gasteiger partial charge in [-0.1, -0.05) is 26.0 Å². The highest BCUT2D eigenvalue weighted by Gasteiger charge is 2.34. The van der Waals surface area contributed by atoms with Crippen LogP contribution in [0.15, 0.2) is 40.9 Å². The highest BCUT2D eigenvalue weighted by atomic mass is 79.9. The van der Waals surface area contributed by atoms with E-state index < -0.39 is 23.1 Å². The highest BCUT2D eigenvalue weighted by Crippen LogP contribution is 2.38. The molecule has 0 saturated heterocycles. The smallest absolute Gasteiger partial charge is 0.145 e. The van der Waals surface area contributed by atoms with Crippen molar-refractivity contribution in [2.75, 3.05) is 0 Å². The van der Waals surface area contributed by atoms with Crippen molar-refractivity contribution in [3.05, 3.63) is 69.4 Å². The van der Waals surface area contributed by atoms with Crippen LogP contribution in [0.3, 0.4) is 0 Å². The van der Waals surface area contributed by atoms with Gasteiger partial charge in [-0.15, -0.1) is 0 Å². The van der Waals surface area contributed by atoms with Gasteiger partial charge in [0.1, 0.15) is 17.5 Å². The molecule has 0 spiro atoms. The minimum atomic E-state index is -0.916.